The number of carbonyl (C=O) groups excluding carboxylic acids is 1. The summed E-state index contributed by atoms with van der Waals surface area (Å²) in [6.45, 7) is 10.7. The van der Waals surface area contributed by atoms with Gasteiger partial charge in [0.15, 0.2) is 5.65 Å². The van der Waals surface area contributed by atoms with Crippen LogP contribution in [0, 0.1) is 6.92 Å². The van der Waals surface area contributed by atoms with Crippen LogP contribution in [-0.4, -0.2) is 74.6 Å². The molecule has 2 atom stereocenters. The van der Waals surface area contributed by atoms with Crippen molar-refractivity contribution in [3.05, 3.63) is 48.0 Å². The first-order valence-corrected chi connectivity index (χ1v) is 11.9. The highest BCUT2D eigenvalue weighted by Gasteiger charge is 2.48. The standard InChI is InChI=1S/C25H32N6O3/c1-17-22(18-7-10-26-11-8-18)31-21(28-17)6-5-20(29-31)19-15-27-12-9-25(19)16-30(13-14-33-25)23(32)34-24(2,3)4/h5-8,10-11,19,27H,9,12-16H2,1-4H3. The predicted molar refractivity (Wildman–Crippen MR) is 128 cm³/mol. The van der Waals surface area contributed by atoms with Crippen LogP contribution in [-0.2, 0) is 9.47 Å². The van der Waals surface area contributed by atoms with Crippen LogP contribution in [0.5, 0.6) is 0 Å². The maximum atomic E-state index is 12.9. The smallest absolute Gasteiger partial charge is 0.410 e. The summed E-state index contributed by atoms with van der Waals surface area (Å²) in [5.41, 5.74) is 3.54. The van der Waals surface area contributed by atoms with Crippen molar-refractivity contribution in [2.45, 2.75) is 51.2 Å². The molecule has 0 aliphatic carbocycles. The first kappa shape index (κ1) is 22.7. The summed E-state index contributed by atoms with van der Waals surface area (Å²) in [5.74, 6) is -0.0242. The number of morpholine rings is 1. The van der Waals surface area contributed by atoms with Gasteiger partial charge in [0.25, 0.3) is 0 Å². The molecule has 1 N–H and O–H groups in total. The van der Waals surface area contributed by atoms with Crippen molar-refractivity contribution in [2.75, 3.05) is 32.8 Å². The van der Waals surface area contributed by atoms with Gasteiger partial charge in [-0.1, -0.05) is 0 Å². The lowest BCUT2D eigenvalue weighted by Gasteiger charge is -2.49. The van der Waals surface area contributed by atoms with Gasteiger partial charge < -0.3 is 19.7 Å². The minimum absolute atomic E-state index is 0.0242. The number of pyridine rings is 1. The summed E-state index contributed by atoms with van der Waals surface area (Å²) in [4.78, 5) is 23.5. The number of aryl methyl sites for hydroxylation is 1. The second-order valence-corrected chi connectivity index (χ2v) is 10.1. The van der Waals surface area contributed by atoms with E-state index in [0.717, 1.165) is 47.8 Å². The Labute approximate surface area is 199 Å². The lowest BCUT2D eigenvalue weighted by molar-refractivity contribution is -0.133. The summed E-state index contributed by atoms with van der Waals surface area (Å²) in [6, 6.07) is 7.99. The molecule has 2 unspecified atom stereocenters. The number of carbonyl (C=O) groups is 1. The minimum Gasteiger partial charge on any atom is -0.444 e. The van der Waals surface area contributed by atoms with Crippen LogP contribution in [0.3, 0.4) is 0 Å². The van der Waals surface area contributed by atoms with Crippen molar-refractivity contribution < 1.29 is 14.3 Å². The third kappa shape index (κ3) is 4.25. The molecule has 5 rings (SSSR count). The first-order valence-electron chi connectivity index (χ1n) is 11.9. The molecule has 0 bridgehead atoms. The van der Waals surface area contributed by atoms with Gasteiger partial charge in [-0.25, -0.2) is 14.3 Å². The average Bonchev–Trinajstić information content (AvgIpc) is 3.14. The van der Waals surface area contributed by atoms with E-state index >= 15 is 0 Å². The number of ether oxygens (including phenoxy) is 2. The number of nitrogens with one attached hydrogen (secondary N) is 1. The molecule has 2 saturated heterocycles. The van der Waals surface area contributed by atoms with Crippen LogP contribution in [0.2, 0.25) is 0 Å². The van der Waals surface area contributed by atoms with Crippen LogP contribution < -0.4 is 5.32 Å². The second-order valence-electron chi connectivity index (χ2n) is 10.1. The molecule has 3 aromatic rings. The van der Waals surface area contributed by atoms with Crippen LogP contribution in [0.4, 0.5) is 4.79 Å². The molecule has 0 radical (unpaired) electrons. The van der Waals surface area contributed by atoms with E-state index in [-0.39, 0.29) is 12.0 Å². The number of nitrogens with zero attached hydrogens (tertiary/aromatic N) is 5. The molecular weight excluding hydrogens is 432 g/mol. The van der Waals surface area contributed by atoms with Gasteiger partial charge in [-0.2, -0.15) is 5.10 Å². The van der Waals surface area contributed by atoms with Crippen molar-refractivity contribution in [2.24, 2.45) is 0 Å². The van der Waals surface area contributed by atoms with Gasteiger partial charge in [-0.3, -0.25) is 4.98 Å². The summed E-state index contributed by atoms with van der Waals surface area (Å²) in [7, 11) is 0. The van der Waals surface area contributed by atoms with E-state index in [1.165, 1.54) is 0 Å². The molecule has 3 aromatic heterocycles. The Hall–Kier alpha value is -3.04. The lowest BCUT2D eigenvalue weighted by atomic mass is 9.78. The summed E-state index contributed by atoms with van der Waals surface area (Å²) in [6.07, 6.45) is 4.05. The Balaban J connectivity index is 1.50. The predicted octanol–water partition coefficient (Wildman–Crippen LogP) is 3.18. The fourth-order valence-electron chi connectivity index (χ4n) is 5.02. The molecular formula is C25H32N6O3. The molecule has 2 fully saturated rings. The molecule has 34 heavy (non-hydrogen) atoms. The number of imidazole rings is 1. The monoisotopic (exact) mass is 464 g/mol. The Morgan fingerprint density at radius 1 is 1.24 bits per heavy atom. The number of aromatic nitrogens is 4. The van der Waals surface area contributed by atoms with E-state index in [1.807, 2.05) is 56.5 Å². The number of rotatable bonds is 2. The fourth-order valence-corrected chi connectivity index (χ4v) is 5.02. The van der Waals surface area contributed by atoms with Gasteiger partial charge in [-0.15, -0.1) is 0 Å². The van der Waals surface area contributed by atoms with Gasteiger partial charge in [0.05, 0.1) is 35.8 Å². The highest BCUT2D eigenvalue weighted by molar-refractivity contribution is 5.68. The van der Waals surface area contributed by atoms with Gasteiger partial charge in [-0.05, 0) is 64.9 Å². The molecule has 2 aliphatic heterocycles. The van der Waals surface area contributed by atoms with Crippen molar-refractivity contribution in [1.29, 1.82) is 0 Å². The number of fused-ring (bicyclic) bond motifs is 1. The van der Waals surface area contributed by atoms with E-state index < -0.39 is 11.2 Å². The highest BCUT2D eigenvalue weighted by Crippen LogP contribution is 2.39. The summed E-state index contributed by atoms with van der Waals surface area (Å²) in [5, 5.41) is 8.55. The topological polar surface area (TPSA) is 93.9 Å². The van der Waals surface area contributed by atoms with E-state index in [4.69, 9.17) is 19.6 Å². The van der Waals surface area contributed by atoms with Gasteiger partial charge in [0.1, 0.15) is 5.60 Å². The molecule has 2 aliphatic rings. The van der Waals surface area contributed by atoms with Gasteiger partial charge in [0, 0.05) is 37.0 Å². The molecule has 180 valence electrons. The zero-order valence-corrected chi connectivity index (χ0v) is 20.2. The Morgan fingerprint density at radius 2 is 2.03 bits per heavy atom. The maximum Gasteiger partial charge on any atom is 0.410 e. The van der Waals surface area contributed by atoms with Crippen molar-refractivity contribution in [3.8, 4) is 11.3 Å². The third-order valence-electron chi connectivity index (χ3n) is 6.55. The SMILES string of the molecule is Cc1nc2ccc(C3CNCCC34CN(C(=O)OC(C)(C)C)CCO4)nn2c1-c1ccncc1. The Kier molecular flexibility index (Phi) is 5.77. The quantitative estimate of drug-likeness (QED) is 0.622. The number of hydrogen-bond donors (Lipinski definition) is 1. The highest BCUT2D eigenvalue weighted by atomic mass is 16.6. The van der Waals surface area contributed by atoms with Crippen LogP contribution in [0.25, 0.3) is 16.9 Å². The van der Waals surface area contributed by atoms with Crippen molar-refractivity contribution in [1.82, 2.24) is 29.8 Å². The minimum atomic E-state index is -0.536. The summed E-state index contributed by atoms with van der Waals surface area (Å²) < 4.78 is 14.0. The van der Waals surface area contributed by atoms with E-state index in [0.29, 0.717) is 19.7 Å². The Bertz CT molecular complexity index is 1180. The zero-order valence-electron chi connectivity index (χ0n) is 20.2. The molecule has 0 aromatic carbocycles. The first-order chi connectivity index (χ1) is 16.3. The lowest BCUT2D eigenvalue weighted by Crippen LogP contribution is -2.61. The van der Waals surface area contributed by atoms with Crippen molar-refractivity contribution >= 4 is 11.7 Å². The van der Waals surface area contributed by atoms with E-state index in [1.54, 1.807) is 17.3 Å². The molecule has 9 heteroatoms. The zero-order chi connectivity index (χ0) is 23.9. The van der Waals surface area contributed by atoms with E-state index in [2.05, 4.69) is 10.3 Å². The normalized spacial score (nSPS) is 23.4. The largest absolute Gasteiger partial charge is 0.444 e. The van der Waals surface area contributed by atoms with Crippen LogP contribution in [0.1, 0.15) is 44.5 Å². The second kappa shape index (κ2) is 8.63. The maximum absolute atomic E-state index is 12.9. The van der Waals surface area contributed by atoms with Gasteiger partial charge >= 0.3 is 6.09 Å². The van der Waals surface area contributed by atoms with Crippen LogP contribution >= 0.6 is 0 Å². The number of amides is 1. The van der Waals surface area contributed by atoms with Crippen molar-refractivity contribution in [3.63, 3.8) is 0 Å². The third-order valence-corrected chi connectivity index (χ3v) is 6.55. The number of hydrogen-bond acceptors (Lipinski definition) is 7. The molecule has 0 saturated carbocycles. The number of piperidine rings is 1. The Morgan fingerprint density at radius 3 is 2.79 bits per heavy atom. The van der Waals surface area contributed by atoms with Gasteiger partial charge in [0.2, 0.25) is 0 Å². The van der Waals surface area contributed by atoms with E-state index in [9.17, 15) is 4.79 Å². The molecule has 1 spiro atoms. The van der Waals surface area contributed by atoms with Crippen LogP contribution in [0.15, 0.2) is 36.7 Å². The average molecular weight is 465 g/mol. The molecule has 9 nitrogen and oxygen atoms in total. The molecule has 5 heterocycles. The summed E-state index contributed by atoms with van der Waals surface area (Å²) >= 11 is 0. The fraction of sp³-hybridized carbons (Fsp3) is 0.520. The molecule has 1 amide bonds.